The van der Waals surface area contributed by atoms with Gasteiger partial charge in [0.25, 0.3) is 0 Å². The van der Waals surface area contributed by atoms with E-state index in [0.717, 1.165) is 11.3 Å². The number of carboxylic acids is 1. The molecule has 0 fully saturated rings. The Labute approximate surface area is 97.7 Å². The second kappa shape index (κ2) is 6.10. The molecule has 0 aliphatic rings. The second-order valence-electron chi connectivity index (χ2n) is 2.99. The molecule has 6 heteroatoms. The highest BCUT2D eigenvalue weighted by Gasteiger charge is 2.11. The number of ether oxygens (including phenoxy) is 1. The lowest BCUT2D eigenvalue weighted by Crippen LogP contribution is -2.22. The summed E-state index contributed by atoms with van der Waals surface area (Å²) in [5, 5.41) is 9.39. The zero-order valence-corrected chi connectivity index (χ0v) is 9.66. The topological polar surface area (TPSA) is 62.7 Å². The number of hydrogen-bond donors (Lipinski definition) is 1. The summed E-state index contributed by atoms with van der Waals surface area (Å²) in [7, 11) is 1.82. The van der Waals surface area contributed by atoms with Crippen molar-refractivity contribution in [1.82, 2.24) is 4.98 Å². The summed E-state index contributed by atoms with van der Waals surface area (Å²) in [5.74, 6) is 1.41. The van der Waals surface area contributed by atoms with E-state index in [-0.39, 0.29) is 11.5 Å². The minimum atomic E-state index is -0.958. The van der Waals surface area contributed by atoms with E-state index in [4.69, 9.17) is 16.3 Å². The highest BCUT2D eigenvalue weighted by atomic mass is 32.1. The zero-order valence-electron chi connectivity index (χ0n) is 8.84. The number of nitrogens with zero attached hydrogens (tertiary/aromatic N) is 2. The number of thiazole rings is 1. The molecule has 5 nitrogen and oxygen atoms in total. The van der Waals surface area contributed by atoms with Gasteiger partial charge in [-0.25, -0.2) is 9.78 Å². The molecule has 0 aliphatic heterocycles. The number of aromatic nitrogens is 1. The van der Waals surface area contributed by atoms with Gasteiger partial charge in [0.15, 0.2) is 5.13 Å². The van der Waals surface area contributed by atoms with Crippen LogP contribution in [0.25, 0.3) is 0 Å². The molecule has 1 aromatic rings. The van der Waals surface area contributed by atoms with E-state index in [1.165, 1.54) is 6.20 Å². The van der Waals surface area contributed by atoms with Gasteiger partial charge in [-0.3, -0.25) is 0 Å². The van der Waals surface area contributed by atoms with Crippen LogP contribution >= 0.6 is 11.3 Å². The van der Waals surface area contributed by atoms with E-state index in [9.17, 15) is 4.79 Å². The van der Waals surface area contributed by atoms with E-state index < -0.39 is 5.97 Å². The van der Waals surface area contributed by atoms with E-state index in [1.54, 1.807) is 0 Å². The third kappa shape index (κ3) is 3.53. The smallest absolute Gasteiger partial charge is 0.347 e. The summed E-state index contributed by atoms with van der Waals surface area (Å²) >= 11 is 1.13. The van der Waals surface area contributed by atoms with Crippen LogP contribution in [0.4, 0.5) is 5.13 Å². The van der Waals surface area contributed by atoms with Crippen LogP contribution in [0.3, 0.4) is 0 Å². The van der Waals surface area contributed by atoms with E-state index in [1.807, 2.05) is 11.9 Å². The molecular formula is C10H12N2O3S. The molecule has 16 heavy (non-hydrogen) atoms. The monoisotopic (exact) mass is 240 g/mol. The van der Waals surface area contributed by atoms with Crippen molar-refractivity contribution in [3.63, 3.8) is 0 Å². The molecule has 1 rings (SSSR count). The highest BCUT2D eigenvalue weighted by molar-refractivity contribution is 7.17. The van der Waals surface area contributed by atoms with Gasteiger partial charge in [-0.2, -0.15) is 0 Å². The van der Waals surface area contributed by atoms with Gasteiger partial charge >= 0.3 is 5.97 Å². The van der Waals surface area contributed by atoms with E-state index >= 15 is 0 Å². The van der Waals surface area contributed by atoms with Crippen molar-refractivity contribution in [3.05, 3.63) is 11.1 Å². The van der Waals surface area contributed by atoms with Gasteiger partial charge in [0.1, 0.15) is 11.5 Å². The number of terminal acetylenes is 1. The largest absolute Gasteiger partial charge is 0.477 e. The molecule has 1 N–H and O–H groups in total. The van der Waals surface area contributed by atoms with Crippen LogP contribution in [0, 0.1) is 12.3 Å². The van der Waals surface area contributed by atoms with Gasteiger partial charge in [-0.15, -0.1) is 6.42 Å². The van der Waals surface area contributed by atoms with Crippen LogP contribution in [-0.2, 0) is 4.74 Å². The van der Waals surface area contributed by atoms with Crippen molar-refractivity contribution in [2.45, 2.75) is 0 Å². The standard InChI is InChI=1S/C10H12N2O3S/c1-3-5-15-6-4-12(2)10-11-7-8(16-10)9(13)14/h1,7H,4-6H2,2H3,(H,13,14). The van der Waals surface area contributed by atoms with Crippen LogP contribution < -0.4 is 4.90 Å². The molecule has 0 unspecified atom stereocenters. The highest BCUT2D eigenvalue weighted by Crippen LogP contribution is 2.20. The van der Waals surface area contributed by atoms with Crippen molar-refractivity contribution in [2.75, 3.05) is 31.7 Å². The Morgan fingerprint density at radius 3 is 3.12 bits per heavy atom. The summed E-state index contributed by atoms with van der Waals surface area (Å²) in [6.07, 6.45) is 6.38. The van der Waals surface area contributed by atoms with Gasteiger partial charge in [-0.1, -0.05) is 17.3 Å². The molecule has 1 heterocycles. The maximum Gasteiger partial charge on any atom is 0.347 e. The van der Waals surface area contributed by atoms with Crippen molar-refractivity contribution < 1.29 is 14.6 Å². The predicted octanol–water partition coefficient (Wildman–Crippen LogP) is 0.927. The maximum atomic E-state index is 10.6. The Morgan fingerprint density at radius 2 is 2.56 bits per heavy atom. The number of likely N-dealkylation sites (N-methyl/N-ethyl adjacent to an activating group) is 1. The van der Waals surface area contributed by atoms with Crippen molar-refractivity contribution in [3.8, 4) is 12.3 Å². The van der Waals surface area contributed by atoms with Crippen molar-refractivity contribution >= 4 is 22.4 Å². The lowest BCUT2D eigenvalue weighted by atomic mass is 10.6. The van der Waals surface area contributed by atoms with Gasteiger partial charge < -0.3 is 14.7 Å². The third-order valence-corrected chi connectivity index (χ3v) is 2.89. The normalized spacial score (nSPS) is 9.75. The van der Waals surface area contributed by atoms with Crippen LogP contribution in [0.5, 0.6) is 0 Å². The SMILES string of the molecule is C#CCOCCN(C)c1ncc(C(=O)O)s1. The van der Waals surface area contributed by atoms with Crippen LogP contribution in [-0.4, -0.2) is 42.9 Å². The number of hydrogen-bond acceptors (Lipinski definition) is 5. The Bertz CT molecular complexity index is 397. The minimum Gasteiger partial charge on any atom is -0.477 e. The molecule has 1 aromatic heterocycles. The first-order valence-corrected chi connectivity index (χ1v) is 5.38. The number of carbonyl (C=O) groups is 1. The molecule has 86 valence electrons. The Morgan fingerprint density at radius 1 is 1.81 bits per heavy atom. The Hall–Kier alpha value is -1.58. The zero-order chi connectivity index (χ0) is 12.0. The lowest BCUT2D eigenvalue weighted by molar-refractivity contribution is 0.0702. The summed E-state index contributed by atoms with van der Waals surface area (Å²) in [4.78, 5) is 16.7. The number of rotatable bonds is 6. The quantitative estimate of drug-likeness (QED) is 0.592. The summed E-state index contributed by atoms with van der Waals surface area (Å²) < 4.78 is 5.11. The number of carboxylic acid groups (broad SMARTS) is 1. The number of aromatic carboxylic acids is 1. The first-order chi connectivity index (χ1) is 7.65. The summed E-state index contributed by atoms with van der Waals surface area (Å²) in [5.41, 5.74) is 0. The maximum absolute atomic E-state index is 10.6. The molecule has 0 amide bonds. The average Bonchev–Trinajstić information content (AvgIpc) is 2.73. The van der Waals surface area contributed by atoms with Crippen LogP contribution in [0.2, 0.25) is 0 Å². The van der Waals surface area contributed by atoms with Crippen LogP contribution in [0.15, 0.2) is 6.20 Å². The van der Waals surface area contributed by atoms with Gasteiger partial charge in [-0.05, 0) is 0 Å². The first kappa shape index (κ1) is 12.5. The van der Waals surface area contributed by atoms with Gasteiger partial charge in [0.05, 0.1) is 12.8 Å². The van der Waals surface area contributed by atoms with Crippen molar-refractivity contribution in [2.24, 2.45) is 0 Å². The fraction of sp³-hybridized carbons (Fsp3) is 0.400. The summed E-state index contributed by atoms with van der Waals surface area (Å²) in [6, 6.07) is 0. The Kier molecular flexibility index (Phi) is 4.76. The third-order valence-electron chi connectivity index (χ3n) is 1.79. The molecule has 0 aromatic carbocycles. The molecular weight excluding hydrogens is 228 g/mol. The van der Waals surface area contributed by atoms with Gasteiger partial charge in [0, 0.05) is 13.6 Å². The predicted molar refractivity (Wildman–Crippen MR) is 62.0 cm³/mol. The molecule has 0 saturated carbocycles. The minimum absolute atomic E-state index is 0.228. The average molecular weight is 240 g/mol. The van der Waals surface area contributed by atoms with E-state index in [2.05, 4.69) is 10.9 Å². The molecule has 0 spiro atoms. The number of anilines is 1. The molecule has 0 aliphatic carbocycles. The molecule has 0 saturated heterocycles. The first-order valence-electron chi connectivity index (χ1n) is 4.56. The van der Waals surface area contributed by atoms with Gasteiger partial charge in [0.2, 0.25) is 0 Å². The van der Waals surface area contributed by atoms with Crippen molar-refractivity contribution in [1.29, 1.82) is 0 Å². The fourth-order valence-corrected chi connectivity index (χ4v) is 1.71. The summed E-state index contributed by atoms with van der Waals surface area (Å²) in [6.45, 7) is 1.39. The lowest BCUT2D eigenvalue weighted by Gasteiger charge is -2.14. The van der Waals surface area contributed by atoms with E-state index in [0.29, 0.717) is 18.3 Å². The molecule has 0 radical (unpaired) electrons. The second-order valence-corrected chi connectivity index (χ2v) is 4.00. The molecule has 0 atom stereocenters. The Balaban J connectivity index is 2.43. The van der Waals surface area contributed by atoms with Crippen LogP contribution in [0.1, 0.15) is 9.67 Å². The molecule has 0 bridgehead atoms. The fourth-order valence-electron chi connectivity index (χ4n) is 0.968.